The van der Waals surface area contributed by atoms with Crippen LogP contribution in [-0.2, 0) is 9.53 Å². The molecule has 0 aliphatic heterocycles. The molecule has 2 heteroatoms. The highest BCUT2D eigenvalue weighted by atomic mass is 16.5. The van der Waals surface area contributed by atoms with Gasteiger partial charge in [-0.3, -0.25) is 4.79 Å². The minimum atomic E-state index is 0.0170. The van der Waals surface area contributed by atoms with Crippen molar-refractivity contribution in [1.29, 1.82) is 0 Å². The first-order chi connectivity index (χ1) is 9.33. The normalized spacial score (nSPS) is 16.5. The maximum Gasteiger partial charge on any atom is 0.305 e. The number of ether oxygens (including phenoxy) is 1. The predicted molar refractivity (Wildman–Crippen MR) is 79.8 cm³/mol. The number of hydrogen-bond acceptors (Lipinski definition) is 2. The van der Waals surface area contributed by atoms with E-state index >= 15 is 0 Å². The van der Waals surface area contributed by atoms with E-state index < -0.39 is 0 Å². The Morgan fingerprint density at radius 2 is 1.58 bits per heavy atom. The second-order valence-corrected chi connectivity index (χ2v) is 5.91. The summed E-state index contributed by atoms with van der Waals surface area (Å²) in [6, 6.07) is 0. The first-order valence-corrected chi connectivity index (χ1v) is 8.28. The van der Waals surface area contributed by atoms with E-state index in [9.17, 15) is 4.79 Å². The molecular weight excluding hydrogens is 236 g/mol. The van der Waals surface area contributed by atoms with Crippen LogP contribution < -0.4 is 0 Å². The van der Waals surface area contributed by atoms with E-state index in [1.165, 1.54) is 57.8 Å². The molecule has 0 amide bonds. The molecule has 0 spiro atoms. The number of unbranched alkanes of at least 4 members (excludes halogenated alkanes) is 6. The van der Waals surface area contributed by atoms with Crippen LogP contribution in [0.5, 0.6) is 0 Å². The van der Waals surface area contributed by atoms with E-state index in [-0.39, 0.29) is 5.97 Å². The van der Waals surface area contributed by atoms with Crippen LogP contribution in [0.1, 0.15) is 83.5 Å². The fraction of sp³-hybridized carbons (Fsp3) is 0.882. The number of hydrogen-bond donors (Lipinski definition) is 0. The van der Waals surface area contributed by atoms with Crippen LogP contribution in [0.15, 0.2) is 0 Å². The van der Waals surface area contributed by atoms with Crippen LogP contribution in [-0.4, -0.2) is 12.6 Å². The van der Waals surface area contributed by atoms with Gasteiger partial charge >= 0.3 is 5.97 Å². The zero-order valence-electron chi connectivity index (χ0n) is 12.5. The third-order valence-electron chi connectivity index (χ3n) is 4.09. The first-order valence-electron chi connectivity index (χ1n) is 8.28. The van der Waals surface area contributed by atoms with Gasteiger partial charge in [0.15, 0.2) is 0 Å². The summed E-state index contributed by atoms with van der Waals surface area (Å²) in [5, 5.41) is 0. The Morgan fingerprint density at radius 3 is 2.26 bits per heavy atom. The molecule has 2 nitrogen and oxygen atoms in total. The molecule has 1 rings (SSSR count). The Bertz CT molecular complexity index is 219. The molecule has 0 atom stereocenters. The average molecular weight is 267 g/mol. The van der Waals surface area contributed by atoms with Gasteiger partial charge in [0, 0.05) is 6.42 Å². The van der Waals surface area contributed by atoms with Gasteiger partial charge in [-0.2, -0.15) is 0 Å². The highest BCUT2D eigenvalue weighted by molar-refractivity contribution is 5.69. The van der Waals surface area contributed by atoms with Crippen LogP contribution >= 0.6 is 0 Å². The van der Waals surface area contributed by atoms with Gasteiger partial charge in [0.05, 0.1) is 6.61 Å². The second-order valence-electron chi connectivity index (χ2n) is 5.91. The van der Waals surface area contributed by atoms with E-state index in [1.807, 2.05) is 0 Å². The standard InChI is InChI=1S/C17H31O2/c1-2-3-4-5-6-7-11-14-17(18)19-15-16-12-9-8-10-13-16/h16H,1-15H2. The van der Waals surface area contributed by atoms with E-state index in [0.29, 0.717) is 18.9 Å². The smallest absolute Gasteiger partial charge is 0.305 e. The van der Waals surface area contributed by atoms with Crippen molar-refractivity contribution in [3.05, 3.63) is 6.92 Å². The Balaban J connectivity index is 1.87. The number of carbonyl (C=O) groups excluding carboxylic acids is 1. The van der Waals surface area contributed by atoms with Gasteiger partial charge in [0.25, 0.3) is 0 Å². The van der Waals surface area contributed by atoms with E-state index in [1.54, 1.807) is 0 Å². The average Bonchev–Trinajstić information content (AvgIpc) is 2.45. The Hall–Kier alpha value is -0.530. The van der Waals surface area contributed by atoms with Crippen LogP contribution in [0, 0.1) is 12.8 Å². The van der Waals surface area contributed by atoms with Crippen molar-refractivity contribution in [2.45, 2.75) is 83.5 Å². The summed E-state index contributed by atoms with van der Waals surface area (Å²) in [4.78, 5) is 11.6. The summed E-state index contributed by atoms with van der Waals surface area (Å²) in [5.41, 5.74) is 0. The van der Waals surface area contributed by atoms with Crippen molar-refractivity contribution in [3.8, 4) is 0 Å². The molecule has 1 aliphatic carbocycles. The molecule has 19 heavy (non-hydrogen) atoms. The Morgan fingerprint density at radius 1 is 0.947 bits per heavy atom. The largest absolute Gasteiger partial charge is 0.465 e. The molecule has 0 N–H and O–H groups in total. The van der Waals surface area contributed by atoms with Gasteiger partial charge in [0.1, 0.15) is 0 Å². The van der Waals surface area contributed by atoms with E-state index in [2.05, 4.69) is 6.92 Å². The molecule has 1 radical (unpaired) electrons. The predicted octanol–water partition coefficient (Wildman–Crippen LogP) is 5.06. The number of esters is 1. The van der Waals surface area contributed by atoms with Crippen molar-refractivity contribution in [3.63, 3.8) is 0 Å². The van der Waals surface area contributed by atoms with Gasteiger partial charge < -0.3 is 4.74 Å². The fourth-order valence-electron chi connectivity index (χ4n) is 2.79. The third kappa shape index (κ3) is 9.07. The lowest BCUT2D eigenvalue weighted by atomic mass is 9.90. The first kappa shape index (κ1) is 16.5. The lowest BCUT2D eigenvalue weighted by molar-refractivity contribution is -0.145. The van der Waals surface area contributed by atoms with Gasteiger partial charge in [-0.1, -0.05) is 64.7 Å². The summed E-state index contributed by atoms with van der Waals surface area (Å²) < 4.78 is 5.38. The molecule has 0 aromatic heterocycles. The number of rotatable bonds is 10. The highest BCUT2D eigenvalue weighted by Crippen LogP contribution is 2.23. The molecule has 0 saturated heterocycles. The third-order valence-corrected chi connectivity index (χ3v) is 4.09. The minimum absolute atomic E-state index is 0.0170. The molecule has 0 aromatic rings. The topological polar surface area (TPSA) is 26.3 Å². The SMILES string of the molecule is [CH2]CCCCCCCCC(=O)OCC1CCCCC1. The molecule has 0 bridgehead atoms. The Labute approximate surface area is 119 Å². The molecule has 111 valence electrons. The van der Waals surface area contributed by atoms with Gasteiger partial charge in [0.2, 0.25) is 0 Å². The van der Waals surface area contributed by atoms with Gasteiger partial charge in [-0.15, -0.1) is 0 Å². The lowest BCUT2D eigenvalue weighted by Crippen LogP contribution is -2.16. The van der Waals surface area contributed by atoms with E-state index in [4.69, 9.17) is 4.74 Å². The minimum Gasteiger partial charge on any atom is -0.465 e. The van der Waals surface area contributed by atoms with Crippen LogP contribution in [0.3, 0.4) is 0 Å². The highest BCUT2D eigenvalue weighted by Gasteiger charge is 2.15. The molecule has 0 unspecified atom stereocenters. The van der Waals surface area contributed by atoms with Gasteiger partial charge in [-0.25, -0.2) is 0 Å². The summed E-state index contributed by atoms with van der Waals surface area (Å²) in [6.45, 7) is 4.51. The van der Waals surface area contributed by atoms with Crippen LogP contribution in [0.25, 0.3) is 0 Å². The summed E-state index contributed by atoms with van der Waals surface area (Å²) in [6.07, 6.45) is 15.4. The van der Waals surface area contributed by atoms with Crippen LogP contribution in [0.4, 0.5) is 0 Å². The monoisotopic (exact) mass is 267 g/mol. The molecule has 0 heterocycles. The lowest BCUT2D eigenvalue weighted by Gasteiger charge is -2.20. The van der Waals surface area contributed by atoms with Crippen molar-refractivity contribution >= 4 is 5.97 Å². The van der Waals surface area contributed by atoms with E-state index in [0.717, 1.165) is 19.3 Å². The molecule has 1 saturated carbocycles. The van der Waals surface area contributed by atoms with Crippen LogP contribution in [0.2, 0.25) is 0 Å². The maximum atomic E-state index is 11.6. The van der Waals surface area contributed by atoms with Crippen molar-refractivity contribution in [2.75, 3.05) is 6.61 Å². The maximum absolute atomic E-state index is 11.6. The number of carbonyl (C=O) groups is 1. The second kappa shape index (κ2) is 11.3. The van der Waals surface area contributed by atoms with Crippen molar-refractivity contribution < 1.29 is 9.53 Å². The molecule has 0 aromatic carbocycles. The fourth-order valence-corrected chi connectivity index (χ4v) is 2.79. The Kier molecular flexibility index (Phi) is 9.84. The van der Waals surface area contributed by atoms with Crippen molar-refractivity contribution in [2.24, 2.45) is 5.92 Å². The summed E-state index contributed by atoms with van der Waals surface area (Å²) in [7, 11) is 0. The molecular formula is C17H31O2. The zero-order valence-corrected chi connectivity index (χ0v) is 12.5. The molecule has 1 fully saturated rings. The van der Waals surface area contributed by atoms with Gasteiger partial charge in [-0.05, 0) is 25.2 Å². The quantitative estimate of drug-likeness (QED) is 0.408. The zero-order chi connectivity index (χ0) is 13.8. The van der Waals surface area contributed by atoms with Crippen molar-refractivity contribution in [1.82, 2.24) is 0 Å². The summed E-state index contributed by atoms with van der Waals surface area (Å²) in [5.74, 6) is 0.656. The summed E-state index contributed by atoms with van der Waals surface area (Å²) >= 11 is 0. The molecule has 1 aliphatic rings.